The van der Waals surface area contributed by atoms with Crippen LogP contribution < -0.4 is 0 Å². The molecule has 34 heavy (non-hydrogen) atoms. The van der Waals surface area contributed by atoms with E-state index < -0.39 is 11.4 Å². The van der Waals surface area contributed by atoms with E-state index in [1.54, 1.807) is 0 Å². The molecule has 0 aromatic rings. The van der Waals surface area contributed by atoms with Crippen LogP contribution in [0.5, 0.6) is 0 Å². The SMILES string of the molecule is CC1(C)CC[C@]2(C(=O)O)CC[C@]3(C)C(=CCC4[C@@]5(C)C[C@@H](O)C[C@@](C)(CO)C5CC[C@]43C)C2C1. The molecule has 0 aliphatic heterocycles. The maximum Gasteiger partial charge on any atom is 0.310 e. The van der Waals surface area contributed by atoms with Gasteiger partial charge in [-0.25, -0.2) is 0 Å². The lowest BCUT2D eigenvalue weighted by atomic mass is 9.33. The van der Waals surface area contributed by atoms with E-state index in [0.717, 1.165) is 57.8 Å². The molecule has 9 atom stereocenters. The summed E-state index contributed by atoms with van der Waals surface area (Å²) in [4.78, 5) is 12.8. The van der Waals surface area contributed by atoms with Gasteiger partial charge in [0, 0.05) is 6.61 Å². The summed E-state index contributed by atoms with van der Waals surface area (Å²) in [6.07, 6.45) is 11.4. The normalized spacial score (nSPS) is 54.1. The minimum atomic E-state index is -0.596. The predicted molar refractivity (Wildman–Crippen MR) is 134 cm³/mol. The van der Waals surface area contributed by atoms with Crippen LogP contribution in [-0.2, 0) is 4.79 Å². The Kier molecular flexibility index (Phi) is 5.36. The Morgan fingerprint density at radius 1 is 0.941 bits per heavy atom. The van der Waals surface area contributed by atoms with E-state index in [1.165, 1.54) is 5.57 Å². The molecule has 0 amide bonds. The first kappa shape index (κ1) is 24.8. The van der Waals surface area contributed by atoms with Crippen molar-refractivity contribution in [1.82, 2.24) is 0 Å². The third-order valence-electron chi connectivity index (χ3n) is 12.9. The number of carbonyl (C=O) groups is 1. The summed E-state index contributed by atoms with van der Waals surface area (Å²) >= 11 is 0. The number of aliphatic carboxylic acids is 1. The van der Waals surface area contributed by atoms with Gasteiger partial charge in [-0.05, 0) is 109 Å². The Morgan fingerprint density at radius 2 is 1.62 bits per heavy atom. The highest BCUT2D eigenvalue weighted by molar-refractivity contribution is 5.76. The lowest BCUT2D eigenvalue weighted by Gasteiger charge is -2.71. The summed E-state index contributed by atoms with van der Waals surface area (Å²) in [6, 6.07) is 0. The van der Waals surface area contributed by atoms with Crippen molar-refractivity contribution >= 4 is 5.97 Å². The maximum atomic E-state index is 12.8. The molecule has 0 radical (unpaired) electrons. The zero-order valence-electron chi connectivity index (χ0n) is 22.4. The molecule has 4 saturated carbocycles. The topological polar surface area (TPSA) is 77.8 Å². The van der Waals surface area contributed by atoms with Crippen LogP contribution in [-0.4, -0.2) is 34.0 Å². The van der Waals surface area contributed by atoms with Crippen molar-refractivity contribution in [3.05, 3.63) is 11.6 Å². The van der Waals surface area contributed by atoms with Crippen LogP contribution in [0.25, 0.3) is 0 Å². The van der Waals surface area contributed by atoms with E-state index in [4.69, 9.17) is 0 Å². The van der Waals surface area contributed by atoms with Crippen LogP contribution >= 0.6 is 0 Å². The van der Waals surface area contributed by atoms with Gasteiger partial charge < -0.3 is 15.3 Å². The number of fused-ring (bicyclic) bond motifs is 7. The maximum absolute atomic E-state index is 12.8. The van der Waals surface area contributed by atoms with Gasteiger partial charge >= 0.3 is 5.97 Å². The fraction of sp³-hybridized carbons (Fsp3) is 0.900. The molecule has 5 rings (SSSR count). The third-order valence-corrected chi connectivity index (χ3v) is 12.9. The van der Waals surface area contributed by atoms with Crippen LogP contribution in [0.2, 0.25) is 0 Å². The fourth-order valence-corrected chi connectivity index (χ4v) is 10.9. The van der Waals surface area contributed by atoms with E-state index in [0.29, 0.717) is 18.3 Å². The van der Waals surface area contributed by atoms with Crippen LogP contribution in [0.4, 0.5) is 0 Å². The van der Waals surface area contributed by atoms with Gasteiger partial charge in [0.2, 0.25) is 0 Å². The predicted octanol–water partition coefficient (Wildman–Crippen LogP) is 6.21. The van der Waals surface area contributed by atoms with E-state index in [1.807, 2.05) is 0 Å². The number of rotatable bonds is 2. The number of aliphatic hydroxyl groups excluding tert-OH is 2. The smallest absolute Gasteiger partial charge is 0.310 e. The zero-order chi connectivity index (χ0) is 24.9. The van der Waals surface area contributed by atoms with Crippen LogP contribution in [0.15, 0.2) is 11.6 Å². The van der Waals surface area contributed by atoms with Crippen LogP contribution in [0.1, 0.15) is 106 Å². The quantitative estimate of drug-likeness (QED) is 0.418. The summed E-state index contributed by atoms with van der Waals surface area (Å²) in [5.74, 6) is 0.422. The van der Waals surface area contributed by atoms with Gasteiger partial charge in [0.25, 0.3) is 0 Å². The minimum absolute atomic E-state index is 0.00104. The number of aliphatic hydroxyl groups is 2. The minimum Gasteiger partial charge on any atom is -0.481 e. The molecule has 0 heterocycles. The standard InChI is InChI=1S/C30H48O4/c1-25(2)11-13-30(24(33)34)14-12-28(5)20(21(30)17-25)7-8-23-27(4)16-19(32)15-26(3,18-31)22(27)9-10-29(23,28)6/h7,19,21-23,31-32H,8-18H2,1-6H3,(H,33,34)/t19-,21?,22?,23?,26-,27-,28+,29+,30-/m0/s1. The summed E-state index contributed by atoms with van der Waals surface area (Å²) in [5.41, 5.74) is 0.886. The van der Waals surface area contributed by atoms with E-state index >= 15 is 0 Å². The third kappa shape index (κ3) is 3.00. The molecule has 4 heteroatoms. The van der Waals surface area contributed by atoms with Crippen molar-refractivity contribution in [2.75, 3.05) is 6.61 Å². The summed E-state index contributed by atoms with van der Waals surface area (Å²) < 4.78 is 0. The van der Waals surface area contributed by atoms with Crippen LogP contribution in [0.3, 0.4) is 0 Å². The molecule has 0 aromatic carbocycles. The zero-order valence-corrected chi connectivity index (χ0v) is 22.4. The first-order chi connectivity index (χ1) is 15.7. The molecule has 3 N–H and O–H groups in total. The highest BCUT2D eigenvalue weighted by Gasteiger charge is 2.69. The summed E-state index contributed by atoms with van der Waals surface area (Å²) in [6.45, 7) is 14.4. The highest BCUT2D eigenvalue weighted by atomic mass is 16.4. The molecular weight excluding hydrogens is 424 g/mol. The molecule has 0 aromatic heterocycles. The van der Waals surface area contributed by atoms with Crippen LogP contribution in [0, 0.1) is 50.2 Å². The van der Waals surface area contributed by atoms with Crippen molar-refractivity contribution < 1.29 is 20.1 Å². The number of carboxylic acids is 1. The molecule has 0 saturated heterocycles. The second-order valence-corrected chi connectivity index (χ2v) is 15.1. The molecule has 5 aliphatic carbocycles. The Hall–Kier alpha value is -0.870. The Bertz CT molecular complexity index is 907. The lowest BCUT2D eigenvalue weighted by molar-refractivity contribution is -0.209. The second kappa shape index (κ2) is 7.34. The highest BCUT2D eigenvalue weighted by Crippen LogP contribution is 2.75. The van der Waals surface area contributed by atoms with Gasteiger partial charge in [-0.2, -0.15) is 0 Å². The van der Waals surface area contributed by atoms with Crippen molar-refractivity contribution in [3.63, 3.8) is 0 Å². The van der Waals surface area contributed by atoms with E-state index in [-0.39, 0.29) is 45.7 Å². The van der Waals surface area contributed by atoms with Crippen molar-refractivity contribution in [2.45, 2.75) is 112 Å². The second-order valence-electron chi connectivity index (χ2n) is 15.1. The molecule has 192 valence electrons. The van der Waals surface area contributed by atoms with E-state index in [9.17, 15) is 20.1 Å². The van der Waals surface area contributed by atoms with Gasteiger partial charge in [0.05, 0.1) is 11.5 Å². The van der Waals surface area contributed by atoms with Gasteiger partial charge in [-0.1, -0.05) is 53.2 Å². The number of allylic oxidation sites excluding steroid dienone is 2. The molecular formula is C30H48O4. The van der Waals surface area contributed by atoms with Gasteiger partial charge in [0.1, 0.15) is 0 Å². The molecule has 0 bridgehead atoms. The number of hydrogen-bond acceptors (Lipinski definition) is 3. The molecule has 4 nitrogen and oxygen atoms in total. The number of hydrogen-bond donors (Lipinski definition) is 3. The Labute approximate surface area is 206 Å². The molecule has 0 spiro atoms. The van der Waals surface area contributed by atoms with Crippen molar-refractivity contribution in [3.8, 4) is 0 Å². The first-order valence-electron chi connectivity index (χ1n) is 13.9. The molecule has 5 aliphatic rings. The van der Waals surface area contributed by atoms with Gasteiger partial charge in [-0.3, -0.25) is 4.79 Å². The van der Waals surface area contributed by atoms with E-state index in [2.05, 4.69) is 47.6 Å². The fourth-order valence-electron chi connectivity index (χ4n) is 10.9. The molecule has 4 fully saturated rings. The Balaban J connectivity index is 1.60. The lowest BCUT2D eigenvalue weighted by Crippen LogP contribution is -2.65. The average Bonchev–Trinajstić information content (AvgIpc) is 2.73. The largest absolute Gasteiger partial charge is 0.481 e. The average molecular weight is 473 g/mol. The summed E-state index contributed by atoms with van der Waals surface area (Å²) in [7, 11) is 0. The number of carboxylic acid groups (broad SMARTS) is 1. The molecule has 3 unspecified atom stereocenters. The van der Waals surface area contributed by atoms with Gasteiger partial charge in [-0.15, -0.1) is 0 Å². The van der Waals surface area contributed by atoms with Crippen molar-refractivity contribution in [1.29, 1.82) is 0 Å². The van der Waals surface area contributed by atoms with Crippen molar-refractivity contribution in [2.24, 2.45) is 50.2 Å². The Morgan fingerprint density at radius 3 is 2.26 bits per heavy atom. The van der Waals surface area contributed by atoms with Gasteiger partial charge in [0.15, 0.2) is 0 Å². The summed E-state index contributed by atoms with van der Waals surface area (Å²) in [5, 5.41) is 31.9. The monoisotopic (exact) mass is 472 g/mol. The first-order valence-corrected chi connectivity index (χ1v) is 13.9.